The van der Waals surface area contributed by atoms with Crippen molar-refractivity contribution >= 4 is 133 Å². The number of aromatic hydroxyl groups is 5. The molecule has 5 aromatic carbocycles. The molecule has 0 saturated carbocycles. The number of phenols is 5. The average molecular weight is 3420 g/mol. The van der Waals surface area contributed by atoms with E-state index in [0.29, 0.717) is 17.8 Å². The van der Waals surface area contributed by atoms with E-state index in [0.717, 1.165) is 43.9 Å². The zero-order valence-corrected chi connectivity index (χ0v) is 88.8. The summed E-state index contributed by atoms with van der Waals surface area (Å²) in [5.41, 5.74) is -1.78. The number of hydrogen-bond acceptors (Lipinski definition) is 42. The number of nitrogens with zero attached hydrogens (tertiary/aromatic N) is 9. The van der Waals surface area contributed by atoms with Gasteiger partial charge in [0.15, 0.2) is 28.8 Å². The maximum Gasteiger partial charge on any atom is 2.00 e. The molecule has 1 aromatic heterocycles. The predicted molar refractivity (Wildman–Crippen MR) is 456 cm³/mol. The van der Waals surface area contributed by atoms with E-state index in [1.807, 2.05) is 4.98 Å². The number of aromatic nitrogens is 2. The van der Waals surface area contributed by atoms with E-state index in [1.165, 1.54) is 73.5 Å². The number of aliphatic hydroxyl groups is 1. The van der Waals surface area contributed by atoms with Gasteiger partial charge in [-0.05, 0) is 67.7 Å². The zero-order chi connectivity index (χ0) is 87.6. The molecule has 1 fully saturated rings. The molecule has 0 aliphatic carbocycles. The van der Waals surface area contributed by atoms with Gasteiger partial charge in [0.1, 0.15) is 33.9 Å². The Morgan fingerprint density at radius 2 is 0.714 bits per heavy atom. The van der Waals surface area contributed by atoms with Crippen LogP contribution in [0.3, 0.4) is 0 Å². The van der Waals surface area contributed by atoms with Gasteiger partial charge < -0.3 is 226 Å². The standard InChI is InChI=1S/C8H10O2.C7H7O6P.2C7H6O3.C6H6O2.C5H10N.C4H3FN2O2.CH3.2AsH3O3.8ClH.7HNO2.14H2N.7Pt/c1-6(9)7-4-2-3-5-8(7)10;8-7(9)5-3-1-2-4-6(5)13-14(10,11)12;2*8-6-4-2-1-3-5(6)7(9)10;7-5-3-1-2-4-6(5)8;1-5-3-2-4-6-5;5-2-1-6-4(9)7-3(2)8;;2*2-1(3)4;;;;;;;;;7*2-1-3;;;;;;;;;;;;;;;;;;;;;/h2-6,9-10H,1H3;1-4,10-12H;2*1-4,8H,(H,9,10);1-4,7-8H;5H,2-4H2,1H3;1H,(H2,6,7,8,9);1H3;2*2-4H;8*1H;7*(H,2,3);14*1H2;;;;;;;/q;;;;;-1;;-1;;;;;;;;;;;;;;;;;;14*-1;;4*+2;2*+4/p-15/t;;;;;5-;;;;;;;;;;;;;;;;;;;;;;;;;;;;;;;;;;;;;;;;/m.....0......................................../s1. The van der Waals surface area contributed by atoms with Gasteiger partial charge in [0, 0.05) is 26.6 Å². The summed E-state index contributed by atoms with van der Waals surface area (Å²) in [5, 5.41) is 146. The van der Waals surface area contributed by atoms with Crippen LogP contribution in [0.1, 0.15) is 69.4 Å². The minimum Gasteiger partial charge on any atom is -0.693 e. The molecule has 81 heteroatoms. The SMILES string of the molecule is CC(O)c1ccccc1O.C[C@H]1CCC[N-]1.O=C(O)c1ccccc1O.O=C(O)c1ccccc1O.O=C(O)c1ccccc1O[P+](O)(O)O.O=N[O-].O=N[O-].O=N[O-].O=N[O-].O=N[O-].O=N[O-].O=N[O-].O=c1[n-]c(=O)c(F)c[nH]1.O[As](O)O.O[As](O)O.Oc1ccccc1O.[CH3-].[Cl][Pt+2][Cl].[Cl][Pt+2][Cl].[Cl][Pt][Cl].[Cl][Pt][Cl].[NH2-].[NH2-].[NH2-].[NH2-].[NH2-].[NH2-].[NH2-].[NH2-].[NH2-].[NH2-].[NH2-].[NH2-].[NH2-].[NH2-].[Pt+2].[Pt+2].[Pt]. The minimum atomic E-state index is -4.47. The molecular weight excluding hydrogens is 3330 g/mol. The number of para-hydroxylation sites is 6. The van der Waals surface area contributed by atoms with Crippen molar-refractivity contribution in [3.05, 3.63) is 346 Å². The number of rotatable bonds is 6. The van der Waals surface area contributed by atoms with Crippen molar-refractivity contribution in [2.75, 3.05) is 6.54 Å². The summed E-state index contributed by atoms with van der Waals surface area (Å²) in [6.45, 7) is 4.91. The van der Waals surface area contributed by atoms with Crippen LogP contribution in [0.25, 0.3) is 91.4 Å². The number of benzene rings is 5. The van der Waals surface area contributed by atoms with Gasteiger partial charge in [-0.2, -0.15) is 14.7 Å². The molecule has 0 radical (unpaired) electrons. The topological polar surface area (TPSA) is 1340 Å². The van der Waals surface area contributed by atoms with Crippen LogP contribution in [-0.4, -0.2) is 152 Å². The third-order valence-electron chi connectivity index (χ3n) is 7.83. The second-order valence-electron chi connectivity index (χ2n) is 14.3. The summed E-state index contributed by atoms with van der Waals surface area (Å²) in [4.78, 5) is 138. The number of phenolic OH excluding ortho intramolecular Hbond substituents is 3. The van der Waals surface area contributed by atoms with E-state index in [1.54, 1.807) is 67.6 Å². The molecule has 776 valence electrons. The van der Waals surface area contributed by atoms with E-state index in [2.05, 4.69) is 21.7 Å². The number of carbonyl (C=O) groups is 3. The fraction of sp³-hybridized carbons (Fsp3) is 0.156. The van der Waals surface area contributed by atoms with Crippen LogP contribution < -0.4 is 20.8 Å². The number of nitrogens with two attached hydrogens (primary N) is 14. The second-order valence-corrected chi connectivity index (χ2v) is 30.9. The van der Waals surface area contributed by atoms with Crippen molar-refractivity contribution in [1.82, 2.24) is 9.97 Å². The zero-order valence-electron chi connectivity index (χ0n) is 62.2. The fourth-order valence-corrected chi connectivity index (χ4v) is 5.05. The average Bonchev–Trinajstić information content (AvgIpc) is 0.931. The van der Waals surface area contributed by atoms with E-state index in [9.17, 15) is 28.4 Å². The van der Waals surface area contributed by atoms with Gasteiger partial charge in [0.2, 0.25) is 5.56 Å². The summed E-state index contributed by atoms with van der Waals surface area (Å²) < 4.78 is 60.1. The second kappa shape index (κ2) is 170. The maximum absolute atomic E-state index is 12.0. The van der Waals surface area contributed by atoms with Crippen LogP contribution in [-0.2, 0) is 129 Å². The summed E-state index contributed by atoms with van der Waals surface area (Å²) in [7, 11) is 34.5. The number of aromatic amines is 1. The minimum absolute atomic E-state index is 0. The first kappa shape index (κ1) is 215. The van der Waals surface area contributed by atoms with E-state index < -0.39 is 147 Å². The number of halogens is 9. The Morgan fingerprint density at radius 3 is 0.865 bits per heavy atom. The Kier molecular flexibility index (Phi) is 291. The van der Waals surface area contributed by atoms with E-state index >= 15 is 0 Å². The Hall–Kier alpha value is -4.59. The number of aliphatic hydroxyl groups excluding tert-OH is 1. The van der Waals surface area contributed by atoms with Crippen molar-refractivity contribution in [2.45, 2.75) is 38.8 Å². The van der Waals surface area contributed by atoms with Crippen LogP contribution in [0.15, 0.2) is 174 Å². The normalized spacial score (nSPS) is 8.55. The van der Waals surface area contributed by atoms with Crippen LogP contribution >= 0.6 is 83.5 Å². The smallest absolute Gasteiger partial charge is 0.693 e. The van der Waals surface area contributed by atoms with E-state index in [4.69, 9.17) is 231 Å². The number of nitrogens with one attached hydrogen (secondary N) is 1. The number of H-pyrrole nitrogens is 1. The molecule has 2 atom stereocenters. The molecule has 1 unspecified atom stereocenters. The first-order valence-electron chi connectivity index (χ1n) is 23.8. The molecule has 1 aliphatic heterocycles. The molecule has 0 amide bonds. The van der Waals surface area contributed by atoms with Crippen LogP contribution in [0.2, 0.25) is 0 Å². The Balaban J connectivity index is -0.0000000264. The Bertz CT molecular complexity index is 3150. The van der Waals surface area contributed by atoms with Gasteiger partial charge in [0.05, 0.1) is 6.10 Å². The molecule has 126 heavy (non-hydrogen) atoms. The van der Waals surface area contributed by atoms with Gasteiger partial charge in [0.25, 0.3) is 0 Å². The van der Waals surface area contributed by atoms with Crippen LogP contribution in [0.5, 0.6) is 34.5 Å². The number of carboxylic acid groups (broad SMARTS) is 3. The van der Waals surface area contributed by atoms with Crippen molar-refractivity contribution in [3.63, 3.8) is 0 Å². The molecule has 62 nitrogen and oxygen atoms in total. The van der Waals surface area contributed by atoms with Crippen LogP contribution in [0, 0.1) is 84.0 Å². The van der Waals surface area contributed by atoms with Crippen LogP contribution in [0.4, 0.5) is 4.39 Å². The third kappa shape index (κ3) is 200. The largest absolute Gasteiger partial charge is 2.00 e. The summed E-state index contributed by atoms with van der Waals surface area (Å²) >= 11 is -8.26. The maximum atomic E-state index is 12.0. The number of aromatic carboxylic acids is 3. The summed E-state index contributed by atoms with van der Waals surface area (Å²) in [6, 6.07) is 30.5. The first-order valence-corrected chi connectivity index (χ1v) is 52.9. The Morgan fingerprint density at radius 1 is 0.500 bits per heavy atom. The number of hydrogen-bond donors (Lipinski definition) is 19. The van der Waals surface area contributed by atoms with Gasteiger partial charge in [-0.15, -0.1) is 50.0 Å². The summed E-state index contributed by atoms with van der Waals surface area (Å²) in [6.07, 6.45) is 2.72. The van der Waals surface area contributed by atoms with Crippen molar-refractivity contribution in [3.8, 4) is 34.5 Å². The van der Waals surface area contributed by atoms with Gasteiger partial charge in [-0.1, -0.05) is 86.5 Å². The quantitative estimate of drug-likeness (QED) is 0.0184. The first-order chi connectivity index (χ1) is 50.5. The van der Waals surface area contributed by atoms with Gasteiger partial charge in [-0.3, -0.25) is 14.1 Å². The molecular formula is C45H85As2Cl8FN24O38PPt7-15. The summed E-state index contributed by atoms with van der Waals surface area (Å²) in [5.74, 6) is -5.25. The van der Waals surface area contributed by atoms with E-state index in [-0.39, 0.29) is 208 Å². The molecule has 7 rings (SSSR count). The molecule has 1 aliphatic rings. The van der Waals surface area contributed by atoms with Crippen molar-refractivity contribution < 1.29 is 238 Å². The molecule has 0 bridgehead atoms. The Labute approximate surface area is 834 Å². The molecule has 6 aromatic rings. The molecule has 1 saturated heterocycles. The monoisotopic (exact) mass is 3410 g/mol. The fourth-order valence-electron chi connectivity index (χ4n) is 4.62. The molecule has 2 heterocycles. The van der Waals surface area contributed by atoms with Gasteiger partial charge in [-0.25, -0.2) is 18.8 Å². The molecule has 0 spiro atoms. The van der Waals surface area contributed by atoms with Gasteiger partial charge >= 0.3 is 265 Å². The van der Waals surface area contributed by atoms with Crippen molar-refractivity contribution in [2.24, 2.45) is 37.4 Å². The predicted octanol–water partition coefficient (Wildman–Crippen LogP) is 19.2. The molecule has 47 N–H and O–H groups in total. The third-order valence-corrected chi connectivity index (χ3v) is 8.27. The number of carboxylic acids is 3. The van der Waals surface area contributed by atoms with Crippen molar-refractivity contribution in [1.29, 1.82) is 0 Å².